The highest BCUT2D eigenvalue weighted by Gasteiger charge is 2.44. The van der Waals surface area contributed by atoms with E-state index in [9.17, 15) is 35.9 Å². The molecule has 14 heteroatoms. The van der Waals surface area contributed by atoms with E-state index in [0.29, 0.717) is 36.1 Å². The second-order valence-corrected chi connectivity index (χ2v) is 12.9. The zero-order valence-corrected chi connectivity index (χ0v) is 25.7. The fourth-order valence-electron chi connectivity index (χ4n) is 7.08. The SMILES string of the molecule is C[C@H]1C(c2cc(C(F)(F)F)cc(C(F)(F)F)c2)OC(=O)N1Cc1nc(C2CCCC2)cnc1N(C)C[C@H]1CC[C@H](CC(=O)O)CC1. The van der Waals surface area contributed by atoms with Crippen molar-refractivity contribution in [2.24, 2.45) is 11.8 Å². The summed E-state index contributed by atoms with van der Waals surface area (Å²) in [5.74, 6) is 0.379. The first-order chi connectivity index (χ1) is 21.6. The van der Waals surface area contributed by atoms with E-state index in [1.165, 1.54) is 11.8 Å². The predicted octanol–water partition coefficient (Wildman–Crippen LogP) is 7.97. The maximum absolute atomic E-state index is 13.6. The van der Waals surface area contributed by atoms with E-state index in [1.54, 1.807) is 6.20 Å². The molecule has 2 aliphatic carbocycles. The molecule has 1 N–H and O–H groups in total. The first kappa shape index (κ1) is 33.8. The lowest BCUT2D eigenvalue weighted by Gasteiger charge is -2.32. The maximum atomic E-state index is 13.6. The third-order valence-corrected chi connectivity index (χ3v) is 9.59. The summed E-state index contributed by atoms with van der Waals surface area (Å²) in [5, 5.41) is 9.13. The molecule has 2 heterocycles. The predicted molar refractivity (Wildman–Crippen MR) is 155 cm³/mol. The first-order valence-electron chi connectivity index (χ1n) is 15.7. The van der Waals surface area contributed by atoms with Crippen molar-refractivity contribution in [2.75, 3.05) is 18.5 Å². The Morgan fingerprint density at radius 1 is 0.978 bits per heavy atom. The van der Waals surface area contributed by atoms with E-state index in [-0.39, 0.29) is 30.9 Å². The van der Waals surface area contributed by atoms with Gasteiger partial charge in [0.15, 0.2) is 5.82 Å². The van der Waals surface area contributed by atoms with Gasteiger partial charge in [-0.2, -0.15) is 26.3 Å². The Bertz CT molecular complexity index is 1390. The van der Waals surface area contributed by atoms with Crippen LogP contribution >= 0.6 is 0 Å². The fraction of sp³-hybridized carbons (Fsp3) is 0.625. The molecule has 0 spiro atoms. The van der Waals surface area contributed by atoms with E-state index < -0.39 is 53.3 Å². The third kappa shape index (κ3) is 7.68. The Morgan fingerprint density at radius 3 is 2.13 bits per heavy atom. The monoisotopic (exact) mass is 656 g/mol. The highest BCUT2D eigenvalue weighted by atomic mass is 19.4. The molecule has 3 fully saturated rings. The second kappa shape index (κ2) is 13.3. The van der Waals surface area contributed by atoms with E-state index >= 15 is 0 Å². The van der Waals surface area contributed by atoms with Gasteiger partial charge in [-0.25, -0.2) is 9.78 Å². The molecule has 2 aromatic rings. The minimum Gasteiger partial charge on any atom is -0.481 e. The lowest BCUT2D eigenvalue weighted by atomic mass is 9.80. The number of aromatic nitrogens is 2. The number of anilines is 1. The van der Waals surface area contributed by atoms with Crippen LogP contribution in [0.15, 0.2) is 24.4 Å². The average molecular weight is 657 g/mol. The number of carbonyl (C=O) groups excluding carboxylic acids is 1. The number of halogens is 6. The molecule has 1 amide bonds. The molecular formula is C32H38F6N4O4. The molecule has 2 atom stereocenters. The van der Waals surface area contributed by atoms with Gasteiger partial charge >= 0.3 is 24.4 Å². The van der Waals surface area contributed by atoms with Gasteiger partial charge < -0.3 is 14.7 Å². The molecule has 1 saturated heterocycles. The Morgan fingerprint density at radius 2 is 1.57 bits per heavy atom. The van der Waals surface area contributed by atoms with Crippen LogP contribution in [0.4, 0.5) is 37.0 Å². The van der Waals surface area contributed by atoms with Crippen molar-refractivity contribution in [3.05, 3.63) is 52.5 Å². The largest absolute Gasteiger partial charge is 0.481 e. The molecule has 8 nitrogen and oxygen atoms in total. The normalized spacial score (nSPS) is 24.3. The molecule has 1 aliphatic heterocycles. The summed E-state index contributed by atoms with van der Waals surface area (Å²) < 4.78 is 86.7. The molecule has 1 aromatic carbocycles. The molecule has 2 saturated carbocycles. The maximum Gasteiger partial charge on any atom is 0.416 e. The van der Waals surface area contributed by atoms with Gasteiger partial charge in [-0.3, -0.25) is 14.7 Å². The number of hydrogen-bond donors (Lipinski definition) is 1. The van der Waals surface area contributed by atoms with Crippen LogP contribution in [0.5, 0.6) is 0 Å². The minimum atomic E-state index is -5.03. The fourth-order valence-corrected chi connectivity index (χ4v) is 7.08. The average Bonchev–Trinajstić information content (AvgIpc) is 3.62. The van der Waals surface area contributed by atoms with Gasteiger partial charge in [0.25, 0.3) is 0 Å². The molecular weight excluding hydrogens is 618 g/mol. The smallest absolute Gasteiger partial charge is 0.416 e. The molecule has 46 heavy (non-hydrogen) atoms. The lowest BCUT2D eigenvalue weighted by molar-refractivity contribution is -0.143. The summed E-state index contributed by atoms with van der Waals surface area (Å²) in [4.78, 5) is 37.2. The second-order valence-electron chi connectivity index (χ2n) is 12.9. The Hall–Kier alpha value is -3.58. The van der Waals surface area contributed by atoms with Crippen LogP contribution in [0.2, 0.25) is 0 Å². The summed E-state index contributed by atoms with van der Waals surface area (Å²) in [6.45, 7) is 2.05. The van der Waals surface area contributed by atoms with Gasteiger partial charge in [0, 0.05) is 25.9 Å². The molecule has 0 bridgehead atoms. The Labute approximate surface area is 263 Å². The number of aliphatic carboxylic acids is 1. The molecule has 252 valence electrons. The number of amides is 1. The van der Waals surface area contributed by atoms with Gasteiger partial charge in [0.2, 0.25) is 0 Å². The quantitative estimate of drug-likeness (QED) is 0.274. The summed E-state index contributed by atoms with van der Waals surface area (Å²) in [6, 6.07) is 0.334. The minimum absolute atomic E-state index is 0.0492. The van der Waals surface area contributed by atoms with Crippen molar-refractivity contribution < 1.29 is 45.8 Å². The molecule has 1 unspecified atom stereocenters. The van der Waals surface area contributed by atoms with Crippen molar-refractivity contribution in [2.45, 2.75) is 102 Å². The van der Waals surface area contributed by atoms with Gasteiger partial charge in [0.05, 0.1) is 35.6 Å². The van der Waals surface area contributed by atoms with Gasteiger partial charge in [-0.15, -0.1) is 0 Å². The number of carboxylic acid groups (broad SMARTS) is 1. The first-order valence-corrected chi connectivity index (χ1v) is 15.7. The van der Waals surface area contributed by atoms with E-state index in [1.807, 2.05) is 11.9 Å². The zero-order valence-electron chi connectivity index (χ0n) is 25.7. The Kier molecular flexibility index (Phi) is 9.74. The topological polar surface area (TPSA) is 95.9 Å². The van der Waals surface area contributed by atoms with Gasteiger partial charge in [-0.05, 0) is 81.0 Å². The van der Waals surface area contributed by atoms with Crippen molar-refractivity contribution >= 4 is 17.9 Å². The number of benzene rings is 1. The van der Waals surface area contributed by atoms with E-state index in [2.05, 4.69) is 0 Å². The van der Waals surface area contributed by atoms with Gasteiger partial charge in [0.1, 0.15) is 11.8 Å². The number of rotatable bonds is 9. The van der Waals surface area contributed by atoms with Crippen LogP contribution in [0.3, 0.4) is 0 Å². The van der Waals surface area contributed by atoms with E-state index in [4.69, 9.17) is 19.8 Å². The molecule has 0 radical (unpaired) electrons. The number of carboxylic acids is 1. The van der Waals surface area contributed by atoms with Crippen molar-refractivity contribution in [3.63, 3.8) is 0 Å². The van der Waals surface area contributed by atoms with Crippen molar-refractivity contribution in [1.29, 1.82) is 0 Å². The Balaban J connectivity index is 1.39. The van der Waals surface area contributed by atoms with Crippen LogP contribution in [0, 0.1) is 11.8 Å². The summed E-state index contributed by atoms with van der Waals surface area (Å²) >= 11 is 0. The highest BCUT2D eigenvalue weighted by molar-refractivity contribution is 5.71. The van der Waals surface area contributed by atoms with Crippen LogP contribution in [-0.2, 0) is 28.4 Å². The third-order valence-electron chi connectivity index (χ3n) is 9.59. The van der Waals surface area contributed by atoms with E-state index in [0.717, 1.165) is 57.1 Å². The molecule has 3 aliphatic rings. The van der Waals surface area contributed by atoms with Gasteiger partial charge in [-0.1, -0.05) is 12.8 Å². The van der Waals surface area contributed by atoms with Crippen LogP contribution in [-0.4, -0.2) is 51.7 Å². The van der Waals surface area contributed by atoms with Crippen LogP contribution < -0.4 is 4.90 Å². The lowest BCUT2D eigenvalue weighted by Crippen LogP contribution is -2.34. The number of carbonyl (C=O) groups is 2. The van der Waals surface area contributed by atoms with Crippen molar-refractivity contribution in [3.8, 4) is 0 Å². The molecule has 5 rings (SSSR count). The molecule has 1 aromatic heterocycles. The number of alkyl halides is 6. The summed E-state index contributed by atoms with van der Waals surface area (Å²) in [7, 11) is 1.86. The number of cyclic esters (lactones) is 1. The van der Waals surface area contributed by atoms with Crippen LogP contribution in [0.25, 0.3) is 0 Å². The summed E-state index contributed by atoms with van der Waals surface area (Å²) in [5.41, 5.74) is -2.10. The summed E-state index contributed by atoms with van der Waals surface area (Å²) in [6.07, 6.45) is -3.06. The number of hydrogen-bond acceptors (Lipinski definition) is 6. The number of ether oxygens (including phenoxy) is 1. The standard InChI is InChI=1S/C32H38F6N4O4/c1-18-28(22-12-23(31(33,34)35)14-24(13-22)32(36,37)38)46-30(45)42(18)17-26-29(39-15-25(40-26)21-5-3-4-6-21)41(2)16-20-9-7-19(8-10-20)11-27(43)44/h12-15,18-21,28H,3-11,16-17H2,1-2H3,(H,43,44)/t18-,19-,20-,28?/m0/s1. The highest BCUT2D eigenvalue weighted by Crippen LogP contribution is 2.42. The van der Waals surface area contributed by atoms with Crippen LogP contribution in [0.1, 0.15) is 105 Å². The number of nitrogens with zero attached hydrogens (tertiary/aromatic N) is 4. The zero-order chi connectivity index (χ0) is 33.4. The van der Waals surface area contributed by atoms with Crippen molar-refractivity contribution in [1.82, 2.24) is 14.9 Å².